The number of nitrogens with zero attached hydrogens (tertiary/aromatic N) is 3. The minimum Gasteiger partial charge on any atom is -0.377 e. The molecular weight excluding hydrogens is 278 g/mol. The van der Waals surface area contributed by atoms with Crippen molar-refractivity contribution < 1.29 is 9.53 Å². The Morgan fingerprint density at radius 1 is 1.18 bits per heavy atom. The average Bonchev–Trinajstić information content (AvgIpc) is 2.41. The van der Waals surface area contributed by atoms with Crippen LogP contribution in [0.5, 0.6) is 0 Å². The third-order valence-electron chi connectivity index (χ3n) is 4.96. The highest BCUT2D eigenvalue weighted by Gasteiger charge is 2.33. The van der Waals surface area contributed by atoms with Crippen LogP contribution in [0.1, 0.15) is 33.6 Å². The molecule has 1 saturated heterocycles. The van der Waals surface area contributed by atoms with Crippen molar-refractivity contribution in [1.82, 2.24) is 14.7 Å². The van der Waals surface area contributed by atoms with E-state index < -0.39 is 0 Å². The molecule has 0 aromatic carbocycles. The van der Waals surface area contributed by atoms with Gasteiger partial charge in [-0.05, 0) is 18.8 Å². The Morgan fingerprint density at radius 2 is 1.77 bits per heavy atom. The molecule has 1 saturated carbocycles. The Hall–Kier alpha value is -0.650. The molecular formula is C17H33N3O2. The van der Waals surface area contributed by atoms with Crippen LogP contribution in [0.4, 0.5) is 0 Å². The lowest BCUT2D eigenvalue weighted by atomic mass is 9.88. The predicted molar refractivity (Wildman–Crippen MR) is 88.9 cm³/mol. The summed E-state index contributed by atoms with van der Waals surface area (Å²) in [5, 5.41) is 0. The van der Waals surface area contributed by atoms with E-state index in [9.17, 15) is 4.79 Å². The summed E-state index contributed by atoms with van der Waals surface area (Å²) in [7, 11) is 1.89. The molecule has 1 aliphatic carbocycles. The molecule has 5 heteroatoms. The number of rotatable bonds is 7. The zero-order valence-electron chi connectivity index (χ0n) is 14.8. The van der Waals surface area contributed by atoms with Gasteiger partial charge in [0.2, 0.25) is 5.91 Å². The molecule has 0 atom stereocenters. The zero-order chi connectivity index (χ0) is 16.1. The van der Waals surface area contributed by atoms with Gasteiger partial charge in [-0.25, -0.2) is 0 Å². The van der Waals surface area contributed by atoms with Crippen LogP contribution in [0.3, 0.4) is 0 Å². The molecule has 0 radical (unpaired) electrons. The summed E-state index contributed by atoms with van der Waals surface area (Å²) in [6.07, 6.45) is 2.35. The van der Waals surface area contributed by atoms with Gasteiger partial charge in [-0.2, -0.15) is 0 Å². The van der Waals surface area contributed by atoms with Gasteiger partial charge in [0.25, 0.3) is 0 Å². The number of ether oxygens (including phenoxy) is 1. The fourth-order valence-corrected chi connectivity index (χ4v) is 3.31. The highest BCUT2D eigenvalue weighted by atomic mass is 16.5. The van der Waals surface area contributed by atoms with Crippen LogP contribution in [-0.2, 0) is 9.53 Å². The van der Waals surface area contributed by atoms with E-state index in [1.165, 1.54) is 19.6 Å². The lowest BCUT2D eigenvalue weighted by Gasteiger charge is -2.41. The van der Waals surface area contributed by atoms with E-state index in [-0.39, 0.29) is 5.91 Å². The molecule has 0 spiro atoms. The second-order valence-corrected chi connectivity index (χ2v) is 7.28. The van der Waals surface area contributed by atoms with Gasteiger partial charge < -0.3 is 14.5 Å². The molecule has 0 bridgehead atoms. The van der Waals surface area contributed by atoms with Gasteiger partial charge in [-0.15, -0.1) is 0 Å². The average molecular weight is 311 g/mol. The summed E-state index contributed by atoms with van der Waals surface area (Å²) >= 11 is 0. The molecule has 2 aliphatic rings. The summed E-state index contributed by atoms with van der Waals surface area (Å²) in [6.45, 7) is 14.0. The van der Waals surface area contributed by atoms with E-state index in [1.807, 2.05) is 11.9 Å². The van der Waals surface area contributed by atoms with Crippen LogP contribution in [0, 0.1) is 5.92 Å². The predicted octanol–water partition coefficient (Wildman–Crippen LogP) is 1.29. The summed E-state index contributed by atoms with van der Waals surface area (Å²) in [4.78, 5) is 18.2. The maximum atomic E-state index is 11.3. The zero-order valence-corrected chi connectivity index (χ0v) is 14.8. The van der Waals surface area contributed by atoms with Gasteiger partial charge in [-0.1, -0.05) is 13.8 Å². The van der Waals surface area contributed by atoms with Crippen molar-refractivity contribution >= 4 is 5.91 Å². The quantitative estimate of drug-likeness (QED) is 0.710. The molecule has 0 N–H and O–H groups in total. The van der Waals surface area contributed by atoms with Crippen LogP contribution in [0.2, 0.25) is 0 Å². The van der Waals surface area contributed by atoms with Gasteiger partial charge in [0.1, 0.15) is 0 Å². The number of amides is 1. The third kappa shape index (κ3) is 5.21. The van der Waals surface area contributed by atoms with E-state index in [2.05, 4.69) is 23.6 Å². The van der Waals surface area contributed by atoms with Crippen LogP contribution >= 0.6 is 0 Å². The minimum absolute atomic E-state index is 0.155. The van der Waals surface area contributed by atoms with Crippen molar-refractivity contribution in [3.05, 3.63) is 0 Å². The van der Waals surface area contributed by atoms with Crippen LogP contribution in [0.15, 0.2) is 0 Å². The number of piperazine rings is 1. The molecule has 1 aliphatic heterocycles. The van der Waals surface area contributed by atoms with Crippen molar-refractivity contribution in [2.45, 2.75) is 45.8 Å². The van der Waals surface area contributed by atoms with Crippen molar-refractivity contribution in [2.75, 3.05) is 52.9 Å². The molecule has 0 aromatic heterocycles. The van der Waals surface area contributed by atoms with Gasteiger partial charge in [0.05, 0.1) is 12.7 Å². The van der Waals surface area contributed by atoms with Crippen molar-refractivity contribution in [3.63, 3.8) is 0 Å². The molecule has 22 heavy (non-hydrogen) atoms. The van der Waals surface area contributed by atoms with E-state index in [0.29, 0.717) is 12.1 Å². The number of carbonyl (C=O) groups is 1. The largest absolute Gasteiger partial charge is 0.377 e. The van der Waals surface area contributed by atoms with Crippen LogP contribution in [-0.4, -0.2) is 85.7 Å². The molecule has 1 amide bonds. The normalized spacial score (nSPS) is 27.0. The SMILES string of the molecule is CC(=O)N(C)C1CC(OCCN2CCN(CC(C)C)CC2)C1. The maximum absolute atomic E-state index is 11.3. The highest BCUT2D eigenvalue weighted by molar-refractivity contribution is 5.73. The summed E-state index contributed by atoms with van der Waals surface area (Å²) in [5.41, 5.74) is 0. The van der Waals surface area contributed by atoms with Gasteiger partial charge in [0, 0.05) is 59.3 Å². The second kappa shape index (κ2) is 8.27. The Morgan fingerprint density at radius 3 is 2.32 bits per heavy atom. The molecule has 2 fully saturated rings. The van der Waals surface area contributed by atoms with E-state index in [0.717, 1.165) is 45.0 Å². The van der Waals surface area contributed by atoms with Crippen molar-refractivity contribution in [2.24, 2.45) is 5.92 Å². The standard InChI is InChI=1S/C17H33N3O2/c1-14(2)13-20-7-5-19(6-8-20)9-10-22-17-11-16(12-17)18(4)15(3)21/h14,16-17H,5-13H2,1-4H3. The second-order valence-electron chi connectivity index (χ2n) is 7.28. The number of hydrogen-bond donors (Lipinski definition) is 0. The summed E-state index contributed by atoms with van der Waals surface area (Å²) in [5.74, 6) is 0.914. The number of hydrogen-bond acceptors (Lipinski definition) is 4. The summed E-state index contributed by atoms with van der Waals surface area (Å²) < 4.78 is 5.94. The summed E-state index contributed by atoms with van der Waals surface area (Å²) in [6, 6.07) is 0.391. The monoisotopic (exact) mass is 311 g/mol. The van der Waals surface area contributed by atoms with E-state index >= 15 is 0 Å². The molecule has 1 heterocycles. The first kappa shape index (κ1) is 17.7. The van der Waals surface area contributed by atoms with Gasteiger partial charge in [-0.3, -0.25) is 9.69 Å². The number of carbonyl (C=O) groups excluding carboxylic acids is 1. The molecule has 128 valence electrons. The Bertz CT molecular complexity index is 348. The Kier molecular flexibility index (Phi) is 6.66. The Balaban J connectivity index is 1.51. The third-order valence-corrected chi connectivity index (χ3v) is 4.96. The fourth-order valence-electron chi connectivity index (χ4n) is 3.31. The maximum Gasteiger partial charge on any atom is 0.219 e. The lowest BCUT2D eigenvalue weighted by molar-refractivity contribution is -0.135. The first-order chi connectivity index (χ1) is 10.5. The topological polar surface area (TPSA) is 36.0 Å². The lowest BCUT2D eigenvalue weighted by Crippen LogP contribution is -2.50. The smallest absolute Gasteiger partial charge is 0.219 e. The fraction of sp³-hybridized carbons (Fsp3) is 0.941. The van der Waals surface area contributed by atoms with E-state index in [4.69, 9.17) is 4.74 Å². The van der Waals surface area contributed by atoms with Crippen molar-refractivity contribution in [1.29, 1.82) is 0 Å². The van der Waals surface area contributed by atoms with Crippen LogP contribution in [0.25, 0.3) is 0 Å². The van der Waals surface area contributed by atoms with E-state index in [1.54, 1.807) is 6.92 Å². The highest BCUT2D eigenvalue weighted by Crippen LogP contribution is 2.27. The first-order valence-corrected chi connectivity index (χ1v) is 8.75. The van der Waals surface area contributed by atoms with Gasteiger partial charge in [0.15, 0.2) is 0 Å². The van der Waals surface area contributed by atoms with Gasteiger partial charge >= 0.3 is 0 Å². The van der Waals surface area contributed by atoms with Crippen molar-refractivity contribution in [3.8, 4) is 0 Å². The first-order valence-electron chi connectivity index (χ1n) is 8.75. The molecule has 0 aromatic rings. The molecule has 5 nitrogen and oxygen atoms in total. The minimum atomic E-state index is 0.155. The molecule has 0 unspecified atom stereocenters. The Labute approximate surface area is 135 Å². The molecule has 2 rings (SSSR count). The van der Waals surface area contributed by atoms with Crippen LogP contribution < -0.4 is 0 Å².